The molecule has 1 atom stereocenters. The maximum Gasteiger partial charge on any atom is 0 e. The van der Waals surface area contributed by atoms with Gasteiger partial charge in [0.1, 0.15) is 0 Å². The Morgan fingerprint density at radius 3 is 1.20 bits per heavy atom. The van der Waals surface area contributed by atoms with Crippen LogP contribution in [0.25, 0.3) is 10.6 Å². The molecule has 0 N–H and O–H groups in total. The summed E-state index contributed by atoms with van der Waals surface area (Å²) in [6, 6.07) is 46.3. The molecule has 0 saturated heterocycles. The van der Waals surface area contributed by atoms with Crippen LogP contribution in [-0.4, -0.2) is 24.3 Å². The predicted octanol–water partition coefficient (Wildman–Crippen LogP) is 11.1. The number of nitrogens with zero attached hydrogens (tertiary/aromatic N) is 3. The normalized spacial score (nSPS) is 10.3. The van der Waals surface area contributed by atoms with E-state index in [4.69, 9.17) is 10.6 Å². The van der Waals surface area contributed by atoms with Crippen molar-refractivity contribution in [2.75, 3.05) is 13.1 Å². The smallest absolute Gasteiger partial charge is 0 e. The van der Waals surface area contributed by atoms with Gasteiger partial charge in [0, 0.05) is 25.8 Å². The van der Waals surface area contributed by atoms with Crippen LogP contribution in [0.15, 0.2) is 140 Å². The van der Waals surface area contributed by atoms with Crippen LogP contribution >= 0.6 is 0 Å². The first-order valence-corrected chi connectivity index (χ1v) is 15.2. The molecule has 0 aliphatic rings. The van der Waals surface area contributed by atoms with Crippen molar-refractivity contribution in [1.29, 1.82) is 0 Å². The molecule has 0 saturated carbocycles. The predicted molar refractivity (Wildman–Crippen MR) is 192 cm³/mol. The van der Waals surface area contributed by atoms with Crippen LogP contribution in [0.4, 0.5) is 5.69 Å². The molecule has 0 aliphatic carbocycles. The van der Waals surface area contributed by atoms with Crippen molar-refractivity contribution in [3.63, 3.8) is 0 Å². The van der Waals surface area contributed by atoms with Gasteiger partial charge >= 0.3 is 0 Å². The monoisotopic (exact) mass is 762 g/mol. The molecule has 0 aliphatic heterocycles. The van der Waals surface area contributed by atoms with E-state index in [0.29, 0.717) is 6.54 Å². The Hall–Kier alpha value is -3.70. The third-order valence-electron chi connectivity index (χ3n) is 6.63. The van der Waals surface area contributed by atoms with Gasteiger partial charge in [-0.2, -0.15) is 80.1 Å². The number of benzene rings is 5. The zero-order valence-corrected chi connectivity index (χ0v) is 31.0. The van der Waals surface area contributed by atoms with E-state index in [2.05, 4.69) is 95.8 Å². The van der Waals surface area contributed by atoms with Gasteiger partial charge in [-0.15, -0.1) is 48.6 Å². The van der Waals surface area contributed by atoms with Gasteiger partial charge in [0.05, 0.1) is 0 Å². The number of aryl methyl sites for hydroxylation is 2. The van der Waals surface area contributed by atoms with Gasteiger partial charge in [-0.25, -0.2) is 0 Å². The van der Waals surface area contributed by atoms with Crippen molar-refractivity contribution >= 4 is 5.69 Å². The fourth-order valence-corrected chi connectivity index (χ4v) is 4.12. The summed E-state index contributed by atoms with van der Waals surface area (Å²) in [4.78, 5) is 2.29. The minimum absolute atomic E-state index is 0. The molecule has 45 heavy (non-hydrogen) atoms. The van der Waals surface area contributed by atoms with Gasteiger partial charge in [0.2, 0.25) is 0 Å². The third-order valence-corrected chi connectivity index (χ3v) is 6.63. The Kier molecular flexibility index (Phi) is 20.7. The minimum Gasteiger partial charge on any atom is -0.687 e. The molecule has 0 fully saturated rings. The summed E-state index contributed by atoms with van der Waals surface area (Å²) in [6.07, 6.45) is -0.134. The van der Waals surface area contributed by atoms with Crippen LogP contribution in [0.2, 0.25) is 0 Å². The van der Waals surface area contributed by atoms with E-state index in [-0.39, 0.29) is 32.1 Å². The summed E-state index contributed by atoms with van der Waals surface area (Å²) in [5.41, 5.74) is 7.92. The van der Waals surface area contributed by atoms with E-state index in [0.717, 1.165) is 35.5 Å². The van der Waals surface area contributed by atoms with Crippen LogP contribution in [0.3, 0.4) is 0 Å². The zero-order valence-electron chi connectivity index (χ0n) is 27.4. The zero-order chi connectivity index (χ0) is 32.0. The molecule has 0 spiro atoms. The van der Waals surface area contributed by atoms with E-state index in [9.17, 15) is 0 Å². The van der Waals surface area contributed by atoms with E-state index in [1.807, 2.05) is 97.1 Å². The Balaban J connectivity index is 0.000000370. The maximum atomic E-state index is 4.97. The summed E-state index contributed by atoms with van der Waals surface area (Å²) in [7, 11) is 0. The van der Waals surface area contributed by atoms with Crippen molar-refractivity contribution in [3.8, 4) is 0 Å². The molecule has 4 heteroatoms. The first-order chi connectivity index (χ1) is 21.3. The first kappa shape index (κ1) is 39.3. The second-order valence-electron chi connectivity index (χ2n) is 10.2. The van der Waals surface area contributed by atoms with E-state index >= 15 is 0 Å². The summed E-state index contributed by atoms with van der Waals surface area (Å²) < 4.78 is 0. The van der Waals surface area contributed by atoms with Gasteiger partial charge < -0.3 is 15.5 Å². The molecule has 0 aromatic heterocycles. The molecule has 5 aromatic rings. The molecule has 5 rings (SSSR count). The van der Waals surface area contributed by atoms with Crippen LogP contribution in [0.1, 0.15) is 47.2 Å². The van der Waals surface area contributed by atoms with Crippen LogP contribution in [0.5, 0.6) is 0 Å². The number of hydrogen-bond acceptors (Lipinski definition) is 1. The largest absolute Gasteiger partial charge is 0.687 e. The molecular formula is C41H48HfN3-5. The van der Waals surface area contributed by atoms with E-state index in [1.165, 1.54) is 16.7 Å². The summed E-state index contributed by atoms with van der Waals surface area (Å²) in [5, 5.41) is 9.85. The van der Waals surface area contributed by atoms with Crippen LogP contribution in [-0.2, 0) is 32.4 Å². The average Bonchev–Trinajstić information content (AvgIpc) is 3.04. The summed E-state index contributed by atoms with van der Waals surface area (Å²) in [5.74, 6) is 0. The first-order valence-electron chi connectivity index (χ1n) is 15.2. The van der Waals surface area contributed by atoms with Crippen molar-refractivity contribution < 1.29 is 25.8 Å². The standard InChI is InChI=1S/C20H27N3.3C7H7.Hf/c1-5-23(6-2)20(21-15-18-13-8-7-9-14-18)22-19-16(3)11-10-12-17(19)4;3*1-7-5-3-2-4-6-7;/h7-14,20H,5-6,15H2,1-4H3;3*2-6H,1H2;/q-2;3*-1;. The molecule has 0 radical (unpaired) electrons. The maximum absolute atomic E-state index is 4.97. The Morgan fingerprint density at radius 2 is 0.889 bits per heavy atom. The summed E-state index contributed by atoms with van der Waals surface area (Å²) in [6.45, 7) is 22.3. The Bertz CT molecular complexity index is 1280. The molecule has 0 heterocycles. The third kappa shape index (κ3) is 16.8. The van der Waals surface area contributed by atoms with Gasteiger partial charge in [0.15, 0.2) is 0 Å². The van der Waals surface area contributed by atoms with Gasteiger partial charge in [0.25, 0.3) is 0 Å². The van der Waals surface area contributed by atoms with Crippen molar-refractivity contribution in [2.24, 2.45) is 0 Å². The molecule has 3 nitrogen and oxygen atoms in total. The molecule has 5 aromatic carbocycles. The van der Waals surface area contributed by atoms with E-state index < -0.39 is 0 Å². The SMILES string of the molecule is CCN(CC)C([N-]Cc1ccccc1)[N-]c1c(C)cccc1C.[CH2-]c1ccccc1.[CH2-]c1ccccc1.[CH2-]c1ccccc1.[Hf]. The molecule has 1 unspecified atom stereocenters. The number of para-hydroxylation sites is 1. The molecule has 0 amide bonds. The second kappa shape index (κ2) is 23.7. The minimum atomic E-state index is -0.134. The van der Waals surface area contributed by atoms with E-state index in [1.54, 1.807) is 0 Å². The van der Waals surface area contributed by atoms with Crippen LogP contribution in [0, 0.1) is 34.6 Å². The molecule has 236 valence electrons. The summed E-state index contributed by atoms with van der Waals surface area (Å²) >= 11 is 0. The average molecular weight is 761 g/mol. The number of hydrogen-bond donors (Lipinski definition) is 0. The van der Waals surface area contributed by atoms with Crippen molar-refractivity contribution in [1.82, 2.24) is 4.90 Å². The second-order valence-corrected chi connectivity index (χ2v) is 10.2. The molecule has 0 bridgehead atoms. The Labute approximate surface area is 292 Å². The van der Waals surface area contributed by atoms with Crippen LogP contribution < -0.4 is 0 Å². The number of rotatable bonds is 8. The quantitative estimate of drug-likeness (QED) is 0.114. The topological polar surface area (TPSA) is 31.4 Å². The van der Waals surface area contributed by atoms with Gasteiger partial charge in [-0.1, -0.05) is 97.3 Å². The fraction of sp³-hybridized carbons (Fsp3) is 0.195. The Morgan fingerprint density at radius 1 is 0.533 bits per heavy atom. The van der Waals surface area contributed by atoms with Gasteiger partial charge in [-0.3, -0.25) is 0 Å². The fourth-order valence-electron chi connectivity index (χ4n) is 4.12. The molecular weight excluding hydrogens is 713 g/mol. The van der Waals surface area contributed by atoms with Crippen molar-refractivity contribution in [3.05, 3.63) is 204 Å². The van der Waals surface area contributed by atoms with Gasteiger partial charge in [-0.05, 0) is 26.9 Å². The van der Waals surface area contributed by atoms with Crippen molar-refractivity contribution in [2.45, 2.75) is 40.5 Å².